The maximum atomic E-state index is 12.0. The van der Waals surface area contributed by atoms with Crippen LogP contribution in [0.2, 0.25) is 0 Å². The fourth-order valence-electron chi connectivity index (χ4n) is 4.63. The van der Waals surface area contributed by atoms with Gasteiger partial charge in [0.1, 0.15) is 61.2 Å². The summed E-state index contributed by atoms with van der Waals surface area (Å²) in [5, 5.41) is 21.1. The minimum atomic E-state index is -5.57. The Morgan fingerprint density at radius 3 is 2.09 bits per heavy atom. The maximum absolute atomic E-state index is 12.0. The number of imidazole rings is 1. The van der Waals surface area contributed by atoms with Gasteiger partial charge in [-0.05, 0) is 0 Å². The topological polar surface area (TPSA) is 364 Å². The molecule has 4 rings (SSSR count). The van der Waals surface area contributed by atoms with Crippen LogP contribution < -0.4 is 5.73 Å². The van der Waals surface area contributed by atoms with E-state index in [1.807, 2.05) is 0 Å². The summed E-state index contributed by atoms with van der Waals surface area (Å²) in [5.74, 6) is -1.01. The first-order chi connectivity index (χ1) is 20.8. The summed E-state index contributed by atoms with van der Waals surface area (Å²) >= 11 is 0. The number of carbonyl (C=O) groups excluding carboxylic acids is 1. The molecule has 2 aromatic rings. The fraction of sp³-hybridized carbons (Fsp3) is 0.667. The van der Waals surface area contributed by atoms with Crippen LogP contribution in [0.3, 0.4) is 0 Å². The van der Waals surface area contributed by atoms with Gasteiger partial charge in [-0.1, -0.05) is 0 Å². The molecule has 0 saturated carbocycles. The van der Waals surface area contributed by atoms with Gasteiger partial charge in [0, 0.05) is 6.92 Å². The third-order valence-corrected chi connectivity index (χ3v) is 7.81. The van der Waals surface area contributed by atoms with Gasteiger partial charge < -0.3 is 64.3 Å². The van der Waals surface area contributed by atoms with E-state index >= 15 is 0 Å². The van der Waals surface area contributed by atoms with Crippen LogP contribution in [-0.4, -0.2) is 127 Å². The van der Waals surface area contributed by atoms with E-state index in [2.05, 4.69) is 24.0 Å². The molecule has 10 N–H and O–H groups in total. The molecule has 2 aliphatic heterocycles. The van der Waals surface area contributed by atoms with Crippen LogP contribution in [0.25, 0.3) is 11.2 Å². The van der Waals surface area contributed by atoms with Crippen molar-refractivity contribution in [1.82, 2.24) is 19.5 Å². The smallest absolute Gasteiger partial charge is 0.463 e. The number of anilines is 1. The highest BCUT2D eigenvalue weighted by molar-refractivity contribution is 7.46. The number of hydrogen-bond acceptors (Lipinski definition) is 17. The Bertz CT molecular complexity index is 1510. The first-order valence-corrected chi connectivity index (χ1v) is 16.9. The molecule has 0 unspecified atom stereocenters. The van der Waals surface area contributed by atoms with Crippen LogP contribution >= 0.6 is 23.5 Å². The maximum Gasteiger partial charge on any atom is 0.470 e. The van der Waals surface area contributed by atoms with E-state index in [1.165, 1.54) is 0 Å². The van der Waals surface area contributed by atoms with Crippen molar-refractivity contribution in [2.24, 2.45) is 0 Å². The highest BCUT2D eigenvalue weighted by atomic mass is 31.2. The van der Waals surface area contributed by atoms with E-state index < -0.39 is 97.9 Å². The van der Waals surface area contributed by atoms with Crippen molar-refractivity contribution in [1.29, 1.82) is 0 Å². The van der Waals surface area contributed by atoms with E-state index in [0.29, 0.717) is 0 Å². The quantitative estimate of drug-likeness (QED) is 0.0771. The van der Waals surface area contributed by atoms with Gasteiger partial charge in [0.05, 0.1) is 12.9 Å². The summed E-state index contributed by atoms with van der Waals surface area (Å²) in [6, 6.07) is 0. The molecule has 2 aromatic heterocycles. The number of nitrogen functional groups attached to an aromatic ring is 1. The Labute approximate surface area is 250 Å². The van der Waals surface area contributed by atoms with Gasteiger partial charge in [-0.2, -0.15) is 0 Å². The molecule has 0 bridgehead atoms. The number of aliphatic hydroxyl groups excluding tert-OH is 2. The average Bonchev–Trinajstić information content (AvgIpc) is 3.46. The zero-order chi connectivity index (χ0) is 33.5. The number of nitrogens with zero attached hydrogens (tertiary/aromatic N) is 4. The number of ether oxygens (including phenoxy) is 4. The Balaban J connectivity index is 1.73. The molecule has 45 heavy (non-hydrogen) atoms. The number of phosphoric acid groups is 3. The predicted octanol–water partition coefficient (Wildman–Crippen LogP) is -3.23. The number of rotatable bonds is 12. The molecule has 24 nitrogen and oxygen atoms in total. The standard InChI is InChI=1S/C18H28N5O19P3/c1-6(25)36-3-8-12(40-43(27,28)29)13(41-44(30,31)32)10(26)18(38-8)39-11-7(2-24)37-17(14(11)42-45(33,34)35)23-5-22-9-15(19)20-4-21-16(9)23/h4-5,7-8,10-14,17-18,24,26H,2-3H2,1H3,(H2,19,20,21)(H2,27,28,29)(H2,30,31,32)(H2,33,34,35)/t7-,8-,10-,11-,12-,13-,14-,17-,18+/m1/s1. The lowest BCUT2D eigenvalue weighted by molar-refractivity contribution is -0.313. The molecule has 2 saturated heterocycles. The lowest BCUT2D eigenvalue weighted by Crippen LogP contribution is -2.62. The minimum absolute atomic E-state index is 0.00733. The summed E-state index contributed by atoms with van der Waals surface area (Å²) in [7, 11) is -16.5. The molecule has 0 amide bonds. The Kier molecular flexibility index (Phi) is 10.8. The third-order valence-electron chi connectivity index (χ3n) is 6.26. The highest BCUT2D eigenvalue weighted by Crippen LogP contribution is 2.49. The van der Waals surface area contributed by atoms with Crippen molar-refractivity contribution in [2.75, 3.05) is 18.9 Å². The molecular formula is C18H28N5O19P3. The van der Waals surface area contributed by atoms with Crippen molar-refractivity contribution < 1.29 is 90.6 Å². The molecule has 9 atom stereocenters. The molecule has 254 valence electrons. The van der Waals surface area contributed by atoms with Crippen LogP contribution in [0.1, 0.15) is 13.2 Å². The normalized spacial score (nSPS) is 31.4. The first kappa shape index (κ1) is 35.8. The Morgan fingerprint density at radius 2 is 1.51 bits per heavy atom. The first-order valence-electron chi connectivity index (χ1n) is 12.3. The van der Waals surface area contributed by atoms with Crippen molar-refractivity contribution in [3.05, 3.63) is 12.7 Å². The monoisotopic (exact) mass is 711 g/mol. The van der Waals surface area contributed by atoms with Gasteiger partial charge in [-0.3, -0.25) is 22.9 Å². The molecular weight excluding hydrogens is 683 g/mol. The predicted molar refractivity (Wildman–Crippen MR) is 138 cm³/mol. The second-order valence-electron chi connectivity index (χ2n) is 9.45. The minimum Gasteiger partial charge on any atom is -0.463 e. The van der Waals surface area contributed by atoms with E-state index in [1.54, 1.807) is 0 Å². The van der Waals surface area contributed by atoms with E-state index in [0.717, 1.165) is 24.1 Å². The number of aromatic nitrogens is 4. The molecule has 0 aliphatic carbocycles. The lowest BCUT2D eigenvalue weighted by Gasteiger charge is -2.44. The molecule has 0 aromatic carbocycles. The fourth-order valence-corrected chi connectivity index (χ4v) is 6.31. The number of hydrogen-bond donors (Lipinski definition) is 9. The number of phosphoric ester groups is 3. The number of fused-ring (bicyclic) bond motifs is 1. The van der Waals surface area contributed by atoms with Crippen LogP contribution in [0.15, 0.2) is 12.7 Å². The molecule has 0 radical (unpaired) electrons. The van der Waals surface area contributed by atoms with Gasteiger partial charge in [0.15, 0.2) is 24.0 Å². The van der Waals surface area contributed by atoms with E-state index in [4.69, 9.17) is 29.2 Å². The van der Waals surface area contributed by atoms with Gasteiger partial charge >= 0.3 is 29.4 Å². The van der Waals surface area contributed by atoms with Crippen molar-refractivity contribution in [3.8, 4) is 0 Å². The van der Waals surface area contributed by atoms with Crippen LogP contribution in [0.4, 0.5) is 5.82 Å². The van der Waals surface area contributed by atoms with E-state index in [9.17, 15) is 58.1 Å². The van der Waals surface area contributed by atoms with Gasteiger partial charge in [0.25, 0.3) is 0 Å². The summed E-state index contributed by atoms with van der Waals surface area (Å²) < 4.78 is 72.3. The summed E-state index contributed by atoms with van der Waals surface area (Å²) in [6.45, 7) is -0.873. The second-order valence-corrected chi connectivity index (χ2v) is 13.0. The Hall–Kier alpha value is -2.05. The zero-order valence-electron chi connectivity index (χ0n) is 22.5. The van der Waals surface area contributed by atoms with E-state index in [-0.39, 0.29) is 17.0 Å². The van der Waals surface area contributed by atoms with Crippen molar-refractivity contribution in [3.63, 3.8) is 0 Å². The Morgan fingerprint density at radius 1 is 0.911 bits per heavy atom. The SMILES string of the molecule is CC(=O)OC[C@H]1O[C@@H](O[C@H]2[C@@H](OP(=O)(O)O)[C@H](n3cnc4c(N)ncnc43)O[C@@H]2CO)[C@H](O)[C@@H](OP(=O)(O)O)[C@@H]1OP(=O)(O)O. The van der Waals surface area contributed by atoms with Crippen LogP contribution in [0, 0.1) is 0 Å². The molecule has 0 spiro atoms. The average molecular weight is 711 g/mol. The summed E-state index contributed by atoms with van der Waals surface area (Å²) in [6.07, 6.45) is -15.6. The summed E-state index contributed by atoms with van der Waals surface area (Å²) in [5.41, 5.74) is 5.84. The number of nitrogens with two attached hydrogens (primary N) is 1. The van der Waals surface area contributed by atoms with Gasteiger partial charge in [-0.25, -0.2) is 28.6 Å². The summed E-state index contributed by atoms with van der Waals surface area (Å²) in [4.78, 5) is 80.3. The molecule has 2 aliphatic rings. The van der Waals surface area contributed by atoms with Crippen LogP contribution in [0.5, 0.6) is 0 Å². The highest BCUT2D eigenvalue weighted by Gasteiger charge is 2.56. The lowest BCUT2D eigenvalue weighted by atomic mass is 9.99. The molecule has 2 fully saturated rings. The van der Waals surface area contributed by atoms with Crippen molar-refractivity contribution >= 4 is 46.4 Å². The van der Waals surface area contributed by atoms with Gasteiger partial charge in [-0.15, -0.1) is 0 Å². The van der Waals surface area contributed by atoms with Crippen molar-refractivity contribution in [2.45, 2.75) is 62.2 Å². The second kappa shape index (κ2) is 13.6. The third kappa shape index (κ3) is 8.86. The van der Waals surface area contributed by atoms with Gasteiger partial charge in [0.2, 0.25) is 0 Å². The number of aliphatic hydroxyl groups is 2. The molecule has 27 heteroatoms. The zero-order valence-corrected chi connectivity index (χ0v) is 25.2. The number of esters is 1. The number of carbonyl (C=O) groups is 1. The van der Waals surface area contributed by atoms with Crippen LogP contribution in [-0.2, 0) is 51.0 Å². The largest absolute Gasteiger partial charge is 0.470 e. The molecule has 4 heterocycles.